The van der Waals surface area contributed by atoms with E-state index in [0.29, 0.717) is 0 Å². The normalized spacial score (nSPS) is 15.3. The second-order valence-electron chi connectivity index (χ2n) is 15.9. The van der Waals surface area contributed by atoms with Gasteiger partial charge in [-0.1, -0.05) is 69.3 Å². The maximum Gasteiger partial charge on any atom is 0.407 e. The third-order valence-corrected chi connectivity index (χ3v) is 9.26. The summed E-state index contributed by atoms with van der Waals surface area (Å²) in [7, 11) is 0. The highest BCUT2D eigenvalue weighted by atomic mass is 32.2. The van der Waals surface area contributed by atoms with E-state index in [2.05, 4.69) is 16.0 Å². The lowest BCUT2D eigenvalue weighted by atomic mass is 9.98. The zero-order valence-electron chi connectivity index (χ0n) is 32.0. The van der Waals surface area contributed by atoms with Crippen molar-refractivity contribution in [1.82, 2.24) is 16.0 Å². The first-order valence-corrected chi connectivity index (χ1v) is 18.5. The van der Waals surface area contributed by atoms with Crippen molar-refractivity contribution in [2.45, 2.75) is 128 Å². The van der Waals surface area contributed by atoms with Crippen LogP contribution in [-0.4, -0.2) is 87.5 Å². The summed E-state index contributed by atoms with van der Waals surface area (Å²) in [5.41, 5.74) is 2.70. The topological polar surface area (TPSA) is 169 Å². The number of esters is 1. The number of benzene rings is 2. The highest BCUT2D eigenvalue weighted by Gasteiger charge is 2.35. The largest absolute Gasteiger partial charge is 0.480 e. The van der Waals surface area contributed by atoms with Crippen molar-refractivity contribution in [2.24, 2.45) is 0 Å². The minimum Gasteiger partial charge on any atom is -0.480 e. The number of fused-ring (bicyclic) bond motifs is 3. The molecule has 0 aromatic heterocycles. The molecule has 3 rings (SSSR count). The van der Waals surface area contributed by atoms with E-state index in [1.807, 2.05) is 69.3 Å². The van der Waals surface area contributed by atoms with E-state index in [9.17, 15) is 29.1 Å². The van der Waals surface area contributed by atoms with E-state index in [0.717, 1.165) is 22.3 Å². The van der Waals surface area contributed by atoms with Crippen LogP contribution in [0.2, 0.25) is 0 Å². The summed E-state index contributed by atoms with van der Waals surface area (Å²) in [4.78, 5) is 65.7. The van der Waals surface area contributed by atoms with E-state index in [1.165, 1.54) is 11.8 Å². The van der Waals surface area contributed by atoms with Gasteiger partial charge in [-0.2, -0.15) is 11.8 Å². The molecule has 4 N–H and O–H groups in total. The summed E-state index contributed by atoms with van der Waals surface area (Å²) in [5, 5.41) is 17.8. The van der Waals surface area contributed by atoms with Gasteiger partial charge >= 0.3 is 18.0 Å². The minimum atomic E-state index is -1.41. The quantitative estimate of drug-likeness (QED) is 0.164. The van der Waals surface area contributed by atoms with Gasteiger partial charge in [0, 0.05) is 22.8 Å². The fraction of sp³-hybridized carbons (Fsp3) is 0.564. The van der Waals surface area contributed by atoms with Crippen molar-refractivity contribution in [2.75, 3.05) is 12.4 Å². The second-order valence-corrected chi connectivity index (χ2v) is 17.7. The summed E-state index contributed by atoms with van der Waals surface area (Å²) >= 11 is 1.39. The van der Waals surface area contributed by atoms with Crippen molar-refractivity contribution < 1.29 is 43.3 Å². The summed E-state index contributed by atoms with van der Waals surface area (Å²) in [6, 6.07) is 11.9. The third kappa shape index (κ3) is 13.1. The predicted molar refractivity (Wildman–Crippen MR) is 201 cm³/mol. The molecule has 0 unspecified atom stereocenters. The lowest BCUT2D eigenvalue weighted by Crippen LogP contribution is -2.59. The van der Waals surface area contributed by atoms with Crippen molar-refractivity contribution in [1.29, 1.82) is 0 Å². The molecule has 1 aliphatic rings. The number of amides is 3. The van der Waals surface area contributed by atoms with Crippen LogP contribution < -0.4 is 16.0 Å². The molecule has 0 saturated heterocycles. The first-order valence-electron chi connectivity index (χ1n) is 17.5. The van der Waals surface area contributed by atoms with Crippen LogP contribution in [-0.2, 0) is 33.4 Å². The molecule has 3 amide bonds. The fourth-order valence-corrected chi connectivity index (χ4v) is 6.66. The number of carboxylic acids is 1. The number of carbonyl (C=O) groups is 5. The van der Waals surface area contributed by atoms with Gasteiger partial charge in [-0.15, -0.1) is 0 Å². The molecular weight excluding hydrogens is 687 g/mol. The minimum absolute atomic E-state index is 0.00108. The smallest absolute Gasteiger partial charge is 0.407 e. The highest BCUT2D eigenvalue weighted by Crippen LogP contribution is 2.44. The standard InChI is InChI=1S/C39H55N3O9S/c1-23(50-37(2,3)4)32(35(46)47)42-34(45)30(22-52-39(8,9)10)40-33(44)29(19-20-31(43)51-38(5,6)7)41-36(48)49-21-28-26-17-13-11-15-24(26)25-16-12-14-18-27(25)28/h11-18,23,28-30,32H,19-22H2,1-10H3,(H,40,44)(H,41,48)(H,42,45)(H,46,47)/t23-,29+,30+,32+/m1/s1. The number of aliphatic carboxylic acids is 1. The molecular formula is C39H55N3O9S. The summed E-state index contributed by atoms with van der Waals surface area (Å²) < 4.78 is 16.6. The van der Waals surface area contributed by atoms with E-state index in [4.69, 9.17) is 14.2 Å². The average Bonchev–Trinajstić information content (AvgIpc) is 3.33. The first kappa shape index (κ1) is 42.3. The van der Waals surface area contributed by atoms with Gasteiger partial charge in [0.05, 0.1) is 11.7 Å². The van der Waals surface area contributed by atoms with E-state index in [-0.39, 0.29) is 35.9 Å². The van der Waals surface area contributed by atoms with Gasteiger partial charge in [0.25, 0.3) is 0 Å². The van der Waals surface area contributed by atoms with Gasteiger partial charge in [0.15, 0.2) is 6.04 Å². The Morgan fingerprint density at radius 1 is 0.769 bits per heavy atom. The van der Waals surface area contributed by atoms with Crippen LogP contribution >= 0.6 is 11.8 Å². The van der Waals surface area contributed by atoms with Crippen LogP contribution in [0.1, 0.15) is 99.1 Å². The Balaban J connectivity index is 1.81. The summed E-state index contributed by atoms with van der Waals surface area (Å²) in [6.07, 6.45) is -2.14. The summed E-state index contributed by atoms with van der Waals surface area (Å²) in [6.45, 7) is 17.8. The van der Waals surface area contributed by atoms with Gasteiger partial charge in [-0.3, -0.25) is 14.4 Å². The number of thioether (sulfide) groups is 1. The molecule has 0 bridgehead atoms. The zero-order valence-corrected chi connectivity index (χ0v) is 32.8. The van der Waals surface area contributed by atoms with Crippen molar-refractivity contribution in [3.05, 3.63) is 59.7 Å². The Morgan fingerprint density at radius 2 is 1.31 bits per heavy atom. The van der Waals surface area contributed by atoms with Crippen LogP contribution in [0.4, 0.5) is 4.79 Å². The SMILES string of the molecule is C[C@@H](OC(C)(C)C)[C@H](NC(=O)[C@H](CSC(C)(C)C)NC(=O)[C@H](CCC(=O)OC(C)(C)C)NC(=O)OCC1c2ccccc2-c2ccccc21)C(=O)O. The molecule has 2 aromatic carbocycles. The van der Waals surface area contributed by atoms with Gasteiger partial charge < -0.3 is 35.3 Å². The number of hydrogen-bond acceptors (Lipinski definition) is 9. The third-order valence-electron chi connectivity index (χ3n) is 7.90. The van der Waals surface area contributed by atoms with Gasteiger partial charge in [0.2, 0.25) is 11.8 Å². The molecule has 1 aliphatic carbocycles. The van der Waals surface area contributed by atoms with Crippen molar-refractivity contribution >= 4 is 41.6 Å². The number of rotatable bonds is 15. The molecule has 2 aromatic rings. The molecule has 52 heavy (non-hydrogen) atoms. The van der Waals surface area contributed by atoms with Gasteiger partial charge in [-0.05, 0) is 77.1 Å². The van der Waals surface area contributed by atoms with Gasteiger partial charge in [0.1, 0.15) is 24.3 Å². The van der Waals surface area contributed by atoms with E-state index >= 15 is 0 Å². The predicted octanol–water partition coefficient (Wildman–Crippen LogP) is 5.81. The molecule has 12 nitrogen and oxygen atoms in total. The maximum absolute atomic E-state index is 13.9. The molecule has 0 fully saturated rings. The van der Waals surface area contributed by atoms with Gasteiger partial charge in [-0.25, -0.2) is 9.59 Å². The molecule has 0 heterocycles. The second kappa shape index (κ2) is 17.6. The first-order chi connectivity index (χ1) is 24.0. The Morgan fingerprint density at radius 3 is 1.81 bits per heavy atom. The number of hydrogen-bond donors (Lipinski definition) is 4. The number of ether oxygens (including phenoxy) is 3. The number of carboxylic acid groups (broad SMARTS) is 1. The van der Waals surface area contributed by atoms with E-state index in [1.54, 1.807) is 48.5 Å². The molecule has 0 spiro atoms. The van der Waals surface area contributed by atoms with Crippen molar-refractivity contribution in [3.63, 3.8) is 0 Å². The molecule has 0 saturated carbocycles. The Bertz CT molecular complexity index is 1550. The molecule has 286 valence electrons. The van der Waals surface area contributed by atoms with Crippen LogP contribution in [0.15, 0.2) is 48.5 Å². The Labute approximate surface area is 311 Å². The monoisotopic (exact) mass is 741 g/mol. The van der Waals surface area contributed by atoms with Crippen LogP contribution in [0.3, 0.4) is 0 Å². The molecule has 4 atom stereocenters. The van der Waals surface area contributed by atoms with Crippen LogP contribution in [0.25, 0.3) is 11.1 Å². The molecule has 0 aliphatic heterocycles. The molecule has 0 radical (unpaired) electrons. The summed E-state index contributed by atoms with van der Waals surface area (Å²) in [5.74, 6) is -3.50. The fourth-order valence-electron chi connectivity index (χ4n) is 5.75. The van der Waals surface area contributed by atoms with E-state index < -0.39 is 65.3 Å². The average molecular weight is 742 g/mol. The van der Waals surface area contributed by atoms with Crippen molar-refractivity contribution in [3.8, 4) is 11.1 Å². The number of carbonyl (C=O) groups excluding carboxylic acids is 4. The van der Waals surface area contributed by atoms with Crippen LogP contribution in [0.5, 0.6) is 0 Å². The lowest BCUT2D eigenvalue weighted by Gasteiger charge is -2.31. The highest BCUT2D eigenvalue weighted by molar-refractivity contribution is 8.00. The number of alkyl carbamates (subject to hydrolysis) is 1. The maximum atomic E-state index is 13.9. The Hall–Kier alpha value is -4.10. The molecule has 13 heteroatoms. The van der Waals surface area contributed by atoms with Crippen LogP contribution in [0, 0.1) is 0 Å². The number of nitrogens with one attached hydrogen (secondary N) is 3. The lowest BCUT2D eigenvalue weighted by molar-refractivity contribution is -0.155. The zero-order chi connectivity index (χ0) is 39.0. The Kier molecular flexibility index (Phi) is 14.3.